The highest BCUT2D eigenvalue weighted by Gasteiger charge is 2.32. The van der Waals surface area contributed by atoms with Crippen LogP contribution in [0, 0.1) is 17.0 Å². The summed E-state index contributed by atoms with van der Waals surface area (Å²) in [5.41, 5.74) is 0. The minimum atomic E-state index is -0.364. The van der Waals surface area contributed by atoms with Crippen LogP contribution in [0.4, 0.5) is 11.6 Å². The van der Waals surface area contributed by atoms with E-state index in [2.05, 4.69) is 15.1 Å². The Kier molecular flexibility index (Phi) is 3.26. The van der Waals surface area contributed by atoms with Crippen LogP contribution in [-0.4, -0.2) is 37.5 Å². The van der Waals surface area contributed by atoms with Gasteiger partial charge in [-0.3, -0.25) is 0 Å². The summed E-state index contributed by atoms with van der Waals surface area (Å²) in [4.78, 5) is 22.4. The lowest BCUT2D eigenvalue weighted by atomic mass is 9.96. The van der Waals surface area contributed by atoms with Crippen molar-refractivity contribution in [2.75, 3.05) is 18.0 Å². The molecule has 1 aliphatic heterocycles. The summed E-state index contributed by atoms with van der Waals surface area (Å²) in [6, 6.07) is 0. The minimum absolute atomic E-state index is 0.0371. The van der Waals surface area contributed by atoms with Crippen molar-refractivity contribution in [1.29, 1.82) is 0 Å². The van der Waals surface area contributed by atoms with Crippen LogP contribution >= 0.6 is 11.3 Å². The normalized spacial score (nSPS) is 16.3. The third kappa shape index (κ3) is 2.34. The number of hydrogen-bond donors (Lipinski definition) is 0. The predicted molar refractivity (Wildman–Crippen MR) is 82.9 cm³/mol. The molecular weight excluding hydrogens is 320 g/mol. The van der Waals surface area contributed by atoms with Gasteiger partial charge in [0, 0.05) is 31.3 Å². The third-order valence-corrected chi connectivity index (χ3v) is 4.85. The molecule has 1 aliphatic rings. The van der Waals surface area contributed by atoms with Gasteiger partial charge in [0.05, 0.1) is 0 Å². The average Bonchev–Trinajstić information content (AvgIpc) is 3.21. The zero-order chi connectivity index (χ0) is 16.0. The van der Waals surface area contributed by atoms with Crippen molar-refractivity contribution in [2.45, 2.75) is 25.7 Å². The molecule has 4 heterocycles. The van der Waals surface area contributed by atoms with Crippen LogP contribution in [0.15, 0.2) is 16.1 Å². The molecule has 4 rings (SSSR count). The van der Waals surface area contributed by atoms with Crippen molar-refractivity contribution >= 4 is 27.9 Å². The first-order valence-corrected chi connectivity index (χ1v) is 8.16. The number of rotatable bonds is 3. The fourth-order valence-electron chi connectivity index (χ4n) is 2.97. The van der Waals surface area contributed by atoms with Crippen molar-refractivity contribution < 1.29 is 9.45 Å². The zero-order valence-corrected chi connectivity index (χ0v) is 13.2. The quantitative estimate of drug-likeness (QED) is 0.535. The van der Waals surface area contributed by atoms with Gasteiger partial charge >= 0.3 is 5.82 Å². The van der Waals surface area contributed by atoms with E-state index >= 15 is 0 Å². The van der Waals surface area contributed by atoms with Crippen molar-refractivity contribution in [3.05, 3.63) is 33.4 Å². The fraction of sp³-hybridized carbons (Fsp3) is 0.462. The molecule has 0 aromatic carbocycles. The Morgan fingerprint density at radius 1 is 1.39 bits per heavy atom. The number of imidazole rings is 1. The number of fused-ring (bicyclic) bond motifs is 1. The van der Waals surface area contributed by atoms with E-state index in [-0.39, 0.29) is 16.7 Å². The molecule has 0 aliphatic carbocycles. The van der Waals surface area contributed by atoms with Crippen LogP contribution in [0.25, 0.3) is 4.96 Å². The van der Waals surface area contributed by atoms with E-state index < -0.39 is 0 Å². The first-order valence-electron chi connectivity index (χ1n) is 7.28. The fourth-order valence-corrected chi connectivity index (χ4v) is 3.68. The van der Waals surface area contributed by atoms with E-state index in [4.69, 9.17) is 4.52 Å². The van der Waals surface area contributed by atoms with Gasteiger partial charge in [0.15, 0.2) is 5.82 Å². The molecule has 1 fully saturated rings. The second kappa shape index (κ2) is 5.30. The van der Waals surface area contributed by atoms with Gasteiger partial charge in [-0.2, -0.15) is 14.4 Å². The SMILES string of the molecule is Cc1nc(C2CCN(c3nc4sccn4c3[N+](=O)[O-])CC2)no1. The van der Waals surface area contributed by atoms with E-state index in [1.54, 1.807) is 18.5 Å². The number of piperidine rings is 1. The largest absolute Gasteiger partial charge is 0.373 e. The highest BCUT2D eigenvalue weighted by molar-refractivity contribution is 7.15. The first kappa shape index (κ1) is 14.1. The molecule has 0 saturated carbocycles. The number of hydrogen-bond acceptors (Lipinski definition) is 8. The molecule has 10 heteroatoms. The molecule has 1 saturated heterocycles. The standard InChI is InChI=1S/C13H14N6O3S/c1-8-14-10(16-22-8)9-2-4-17(5-3-9)11-12(19(20)21)18-6-7-23-13(18)15-11/h6-7,9H,2-5H2,1H3. The van der Waals surface area contributed by atoms with E-state index in [0.717, 1.165) is 18.7 Å². The monoisotopic (exact) mass is 334 g/mol. The van der Waals surface area contributed by atoms with Crippen molar-refractivity contribution in [2.24, 2.45) is 0 Å². The summed E-state index contributed by atoms with van der Waals surface area (Å²) in [6.07, 6.45) is 3.33. The van der Waals surface area contributed by atoms with Crippen LogP contribution in [0.1, 0.15) is 30.5 Å². The molecule has 3 aromatic rings. The van der Waals surface area contributed by atoms with Crippen molar-refractivity contribution in [1.82, 2.24) is 19.5 Å². The predicted octanol–water partition coefficient (Wildman–Crippen LogP) is 2.38. The molecule has 3 aromatic heterocycles. The van der Waals surface area contributed by atoms with E-state index in [1.165, 1.54) is 15.7 Å². The molecule has 0 bridgehead atoms. The zero-order valence-electron chi connectivity index (χ0n) is 12.4. The molecule has 0 spiro atoms. The Balaban J connectivity index is 1.57. The Bertz CT molecular complexity index is 860. The lowest BCUT2D eigenvalue weighted by molar-refractivity contribution is -0.389. The maximum Gasteiger partial charge on any atom is 0.373 e. The number of anilines is 1. The van der Waals surface area contributed by atoms with Crippen LogP contribution in [0.5, 0.6) is 0 Å². The number of thiazole rings is 1. The van der Waals surface area contributed by atoms with Gasteiger partial charge in [-0.1, -0.05) is 16.5 Å². The molecular formula is C13H14N6O3S. The maximum absolute atomic E-state index is 11.4. The molecule has 120 valence electrons. The Morgan fingerprint density at radius 3 is 2.83 bits per heavy atom. The summed E-state index contributed by atoms with van der Waals surface area (Å²) in [5, 5.41) is 17.2. The average molecular weight is 334 g/mol. The summed E-state index contributed by atoms with van der Waals surface area (Å²) >= 11 is 1.39. The van der Waals surface area contributed by atoms with Gasteiger partial charge < -0.3 is 19.5 Å². The van der Waals surface area contributed by atoms with E-state index in [0.29, 0.717) is 29.8 Å². The van der Waals surface area contributed by atoms with Gasteiger partial charge in [-0.25, -0.2) is 0 Å². The van der Waals surface area contributed by atoms with Crippen LogP contribution in [-0.2, 0) is 0 Å². The van der Waals surface area contributed by atoms with Gasteiger partial charge in [-0.05, 0) is 17.8 Å². The summed E-state index contributed by atoms with van der Waals surface area (Å²) in [7, 11) is 0. The summed E-state index contributed by atoms with van der Waals surface area (Å²) < 4.78 is 6.57. The highest BCUT2D eigenvalue weighted by Crippen LogP contribution is 2.35. The molecule has 0 amide bonds. The van der Waals surface area contributed by atoms with Gasteiger partial charge in [0.25, 0.3) is 4.96 Å². The second-order valence-electron chi connectivity index (χ2n) is 5.50. The number of aryl methyl sites for hydroxylation is 1. The Labute approximate surface area is 134 Å². The van der Waals surface area contributed by atoms with Crippen molar-refractivity contribution in [3.8, 4) is 0 Å². The van der Waals surface area contributed by atoms with E-state index in [1.807, 2.05) is 4.90 Å². The van der Waals surface area contributed by atoms with Gasteiger partial charge in [-0.15, -0.1) is 0 Å². The summed E-state index contributed by atoms with van der Waals surface area (Å²) in [5.74, 6) is 2.00. The molecule has 0 unspecified atom stereocenters. The highest BCUT2D eigenvalue weighted by atomic mass is 32.1. The Morgan fingerprint density at radius 2 is 2.17 bits per heavy atom. The van der Waals surface area contributed by atoms with Gasteiger partial charge in [0.1, 0.15) is 6.20 Å². The van der Waals surface area contributed by atoms with Crippen LogP contribution in [0.3, 0.4) is 0 Å². The van der Waals surface area contributed by atoms with Crippen LogP contribution < -0.4 is 4.90 Å². The van der Waals surface area contributed by atoms with Gasteiger partial charge in [0.2, 0.25) is 11.7 Å². The Hall–Kier alpha value is -2.49. The first-order chi connectivity index (χ1) is 11.1. The summed E-state index contributed by atoms with van der Waals surface area (Å²) in [6.45, 7) is 3.14. The molecule has 0 radical (unpaired) electrons. The number of nitrogens with zero attached hydrogens (tertiary/aromatic N) is 6. The minimum Gasteiger partial charge on any atom is -0.358 e. The lowest BCUT2D eigenvalue weighted by Crippen LogP contribution is -2.33. The third-order valence-electron chi connectivity index (χ3n) is 4.10. The topological polar surface area (TPSA) is 103 Å². The molecule has 0 atom stereocenters. The van der Waals surface area contributed by atoms with Crippen LogP contribution in [0.2, 0.25) is 0 Å². The van der Waals surface area contributed by atoms with E-state index in [9.17, 15) is 10.1 Å². The second-order valence-corrected chi connectivity index (χ2v) is 6.38. The maximum atomic E-state index is 11.4. The lowest BCUT2D eigenvalue weighted by Gasteiger charge is -2.30. The molecule has 23 heavy (non-hydrogen) atoms. The number of aromatic nitrogens is 4. The molecule has 0 N–H and O–H groups in total. The number of nitro groups is 1. The smallest absolute Gasteiger partial charge is 0.358 e. The molecule has 9 nitrogen and oxygen atoms in total. The van der Waals surface area contributed by atoms with Crippen molar-refractivity contribution in [3.63, 3.8) is 0 Å².